The predicted molar refractivity (Wildman–Crippen MR) is 53.8 cm³/mol. The van der Waals surface area contributed by atoms with Gasteiger partial charge < -0.3 is 10.1 Å². The van der Waals surface area contributed by atoms with Gasteiger partial charge in [-0.1, -0.05) is 6.92 Å². The van der Waals surface area contributed by atoms with Crippen molar-refractivity contribution in [3.63, 3.8) is 0 Å². The van der Waals surface area contributed by atoms with Crippen molar-refractivity contribution in [3.8, 4) is 0 Å². The van der Waals surface area contributed by atoms with Crippen LogP contribution in [-0.4, -0.2) is 25.3 Å². The van der Waals surface area contributed by atoms with Crippen LogP contribution in [0.5, 0.6) is 0 Å². The quantitative estimate of drug-likeness (QED) is 0.722. The minimum atomic E-state index is 0.595. The van der Waals surface area contributed by atoms with E-state index in [1.807, 2.05) is 0 Å². The van der Waals surface area contributed by atoms with Crippen LogP contribution in [0.4, 0.5) is 0 Å². The Morgan fingerprint density at radius 1 is 1.46 bits per heavy atom. The summed E-state index contributed by atoms with van der Waals surface area (Å²) in [6.07, 6.45) is 5.31. The van der Waals surface area contributed by atoms with Crippen LogP contribution in [0.3, 0.4) is 0 Å². The van der Waals surface area contributed by atoms with Crippen LogP contribution in [0.15, 0.2) is 0 Å². The van der Waals surface area contributed by atoms with Gasteiger partial charge in [0.15, 0.2) is 0 Å². The van der Waals surface area contributed by atoms with E-state index in [1.165, 1.54) is 25.7 Å². The first-order valence-corrected chi connectivity index (χ1v) is 5.54. The second kappa shape index (κ2) is 3.58. The zero-order chi connectivity index (χ0) is 9.31. The molecule has 2 heteroatoms. The first kappa shape index (κ1) is 9.47. The molecule has 0 aromatic heterocycles. The zero-order valence-electron chi connectivity index (χ0n) is 8.81. The van der Waals surface area contributed by atoms with Gasteiger partial charge in [0.1, 0.15) is 0 Å². The zero-order valence-corrected chi connectivity index (χ0v) is 8.81. The molecule has 13 heavy (non-hydrogen) atoms. The average molecular weight is 183 g/mol. The van der Waals surface area contributed by atoms with Crippen molar-refractivity contribution < 1.29 is 4.74 Å². The molecule has 0 spiro atoms. The summed E-state index contributed by atoms with van der Waals surface area (Å²) >= 11 is 0. The van der Waals surface area contributed by atoms with Crippen molar-refractivity contribution in [2.45, 2.75) is 51.6 Å². The van der Waals surface area contributed by atoms with Gasteiger partial charge in [-0.15, -0.1) is 0 Å². The lowest BCUT2D eigenvalue weighted by molar-refractivity contribution is 0.0637. The first-order valence-electron chi connectivity index (χ1n) is 5.54. The Balaban J connectivity index is 1.76. The van der Waals surface area contributed by atoms with Crippen LogP contribution in [-0.2, 0) is 4.74 Å². The van der Waals surface area contributed by atoms with Crippen LogP contribution >= 0.6 is 0 Å². The monoisotopic (exact) mass is 183 g/mol. The summed E-state index contributed by atoms with van der Waals surface area (Å²) in [7, 11) is 0. The number of ether oxygens (including phenoxy) is 1. The Morgan fingerprint density at radius 2 is 2.23 bits per heavy atom. The lowest BCUT2D eigenvalue weighted by Crippen LogP contribution is -2.45. The molecule has 76 valence electrons. The van der Waals surface area contributed by atoms with E-state index in [1.54, 1.807) is 0 Å². The van der Waals surface area contributed by atoms with E-state index in [0.717, 1.165) is 13.2 Å². The highest BCUT2D eigenvalue weighted by Gasteiger charge is 2.42. The van der Waals surface area contributed by atoms with Crippen molar-refractivity contribution in [3.05, 3.63) is 0 Å². The molecule has 2 atom stereocenters. The minimum absolute atomic E-state index is 0.595. The topological polar surface area (TPSA) is 21.3 Å². The maximum Gasteiger partial charge on any atom is 0.0619 e. The first-order chi connectivity index (χ1) is 6.21. The van der Waals surface area contributed by atoms with E-state index in [2.05, 4.69) is 19.2 Å². The SMILES string of the molecule is CC(NC1CCCOC1)C1(C)CC1. The van der Waals surface area contributed by atoms with E-state index >= 15 is 0 Å². The predicted octanol–water partition coefficient (Wildman–Crippen LogP) is 1.94. The molecule has 2 fully saturated rings. The van der Waals surface area contributed by atoms with E-state index in [9.17, 15) is 0 Å². The molecule has 0 aromatic carbocycles. The molecule has 1 saturated heterocycles. The fourth-order valence-electron chi connectivity index (χ4n) is 2.06. The highest BCUT2D eigenvalue weighted by atomic mass is 16.5. The third kappa shape index (κ3) is 2.23. The van der Waals surface area contributed by atoms with Gasteiger partial charge >= 0.3 is 0 Å². The maximum atomic E-state index is 5.45. The number of nitrogens with one attached hydrogen (secondary N) is 1. The van der Waals surface area contributed by atoms with Gasteiger partial charge in [-0.25, -0.2) is 0 Å². The molecular formula is C11H21NO. The summed E-state index contributed by atoms with van der Waals surface area (Å²) in [6.45, 7) is 6.58. The van der Waals surface area contributed by atoms with Crippen molar-refractivity contribution in [2.75, 3.05) is 13.2 Å². The Morgan fingerprint density at radius 3 is 2.77 bits per heavy atom. The second-order valence-corrected chi connectivity index (χ2v) is 4.96. The van der Waals surface area contributed by atoms with Gasteiger partial charge in [-0.2, -0.15) is 0 Å². The van der Waals surface area contributed by atoms with Crippen LogP contribution in [0.2, 0.25) is 0 Å². The summed E-state index contributed by atoms with van der Waals surface area (Å²) < 4.78 is 5.45. The number of hydrogen-bond donors (Lipinski definition) is 1. The minimum Gasteiger partial charge on any atom is -0.380 e. The van der Waals surface area contributed by atoms with E-state index < -0.39 is 0 Å². The summed E-state index contributed by atoms with van der Waals surface area (Å²) in [6, 6.07) is 1.28. The van der Waals surface area contributed by atoms with Crippen molar-refractivity contribution in [2.24, 2.45) is 5.41 Å². The maximum absolute atomic E-state index is 5.45. The molecule has 2 unspecified atom stereocenters. The Hall–Kier alpha value is -0.0800. The summed E-state index contributed by atoms with van der Waals surface area (Å²) in [4.78, 5) is 0. The largest absolute Gasteiger partial charge is 0.380 e. The molecule has 1 heterocycles. The summed E-state index contributed by atoms with van der Waals surface area (Å²) in [5, 5.41) is 3.70. The summed E-state index contributed by atoms with van der Waals surface area (Å²) in [5.74, 6) is 0. The molecule has 0 bridgehead atoms. The van der Waals surface area contributed by atoms with Gasteiger partial charge in [-0.3, -0.25) is 0 Å². The molecule has 0 radical (unpaired) electrons. The third-order valence-electron chi connectivity index (χ3n) is 3.73. The standard InChI is InChI=1S/C11H21NO/c1-9(11(2)5-6-11)12-10-4-3-7-13-8-10/h9-10,12H,3-8H2,1-2H3. The second-order valence-electron chi connectivity index (χ2n) is 4.96. The smallest absolute Gasteiger partial charge is 0.0619 e. The lowest BCUT2D eigenvalue weighted by atomic mass is 9.99. The van der Waals surface area contributed by atoms with E-state index in [-0.39, 0.29) is 0 Å². The fraction of sp³-hybridized carbons (Fsp3) is 1.00. The van der Waals surface area contributed by atoms with E-state index in [0.29, 0.717) is 17.5 Å². The van der Waals surface area contributed by atoms with Gasteiger partial charge in [0.05, 0.1) is 6.61 Å². The molecular weight excluding hydrogens is 162 g/mol. The molecule has 1 aliphatic carbocycles. The van der Waals surface area contributed by atoms with Crippen LogP contribution in [0.25, 0.3) is 0 Å². The van der Waals surface area contributed by atoms with Gasteiger partial charge in [0.2, 0.25) is 0 Å². The molecule has 2 rings (SSSR count). The average Bonchev–Trinajstić information content (AvgIpc) is 2.87. The van der Waals surface area contributed by atoms with Gasteiger partial charge in [-0.05, 0) is 38.0 Å². The van der Waals surface area contributed by atoms with Crippen molar-refractivity contribution in [1.82, 2.24) is 5.32 Å². The van der Waals surface area contributed by atoms with Gasteiger partial charge in [0, 0.05) is 18.7 Å². The number of rotatable bonds is 3. The molecule has 1 N–H and O–H groups in total. The van der Waals surface area contributed by atoms with Crippen LogP contribution in [0.1, 0.15) is 39.5 Å². The Kier molecular flexibility index (Phi) is 2.61. The summed E-state index contributed by atoms with van der Waals surface area (Å²) in [5.41, 5.74) is 0.595. The Labute approximate surface area is 81.0 Å². The highest BCUT2D eigenvalue weighted by molar-refractivity contribution is 4.97. The third-order valence-corrected chi connectivity index (χ3v) is 3.73. The van der Waals surface area contributed by atoms with Crippen LogP contribution in [0, 0.1) is 5.41 Å². The molecule has 0 amide bonds. The molecule has 1 saturated carbocycles. The van der Waals surface area contributed by atoms with Crippen molar-refractivity contribution >= 4 is 0 Å². The van der Waals surface area contributed by atoms with E-state index in [4.69, 9.17) is 4.74 Å². The number of hydrogen-bond acceptors (Lipinski definition) is 2. The fourth-order valence-corrected chi connectivity index (χ4v) is 2.06. The normalized spacial score (nSPS) is 34.2. The molecule has 0 aromatic rings. The van der Waals surface area contributed by atoms with Crippen molar-refractivity contribution in [1.29, 1.82) is 0 Å². The highest BCUT2D eigenvalue weighted by Crippen LogP contribution is 2.48. The molecule has 2 aliphatic rings. The van der Waals surface area contributed by atoms with Crippen LogP contribution < -0.4 is 5.32 Å². The molecule has 2 nitrogen and oxygen atoms in total. The van der Waals surface area contributed by atoms with Gasteiger partial charge in [0.25, 0.3) is 0 Å². The Bertz CT molecular complexity index is 171. The molecule has 1 aliphatic heterocycles. The lowest BCUT2D eigenvalue weighted by Gasteiger charge is -2.29.